The monoisotopic (exact) mass is 366 g/mol. The van der Waals surface area contributed by atoms with Crippen molar-refractivity contribution in [2.45, 2.75) is 26.7 Å². The lowest BCUT2D eigenvalue weighted by Crippen LogP contribution is -2.11. The Balaban J connectivity index is 1.64. The molecule has 0 saturated carbocycles. The normalized spacial score (nSPS) is 11.2. The molecule has 0 atom stereocenters. The van der Waals surface area contributed by atoms with E-state index in [9.17, 15) is 4.79 Å². The van der Waals surface area contributed by atoms with Crippen LogP contribution in [0.4, 0.5) is 5.69 Å². The number of amides is 1. The molecular weight excluding hydrogens is 344 g/mol. The van der Waals surface area contributed by atoms with E-state index in [0.29, 0.717) is 12.2 Å². The van der Waals surface area contributed by atoms with Gasteiger partial charge in [0.1, 0.15) is 5.75 Å². The third-order valence-corrected chi connectivity index (χ3v) is 4.74. The first-order chi connectivity index (χ1) is 12.7. The number of carbonyl (C=O) groups excluding carboxylic acids is 1. The number of aromatic nitrogens is 1. The van der Waals surface area contributed by atoms with Crippen LogP contribution < -0.4 is 10.1 Å². The third-order valence-electron chi connectivity index (χ3n) is 3.81. The molecule has 0 saturated heterocycles. The lowest BCUT2D eigenvalue weighted by molar-refractivity contribution is 0.102. The predicted octanol–water partition coefficient (Wildman–Crippen LogP) is 5.59. The summed E-state index contributed by atoms with van der Waals surface area (Å²) >= 11 is 1.59. The molecule has 0 spiro atoms. The zero-order chi connectivity index (χ0) is 18.4. The molecule has 1 N–H and O–H groups in total. The zero-order valence-corrected chi connectivity index (χ0v) is 15.8. The minimum Gasteiger partial charge on any atom is -0.493 e. The van der Waals surface area contributed by atoms with Crippen LogP contribution in [0.25, 0.3) is 10.2 Å². The average Bonchev–Trinajstić information content (AvgIpc) is 3.01. The molecule has 0 radical (unpaired) electrons. The van der Waals surface area contributed by atoms with Crippen molar-refractivity contribution in [2.75, 3.05) is 11.9 Å². The quantitative estimate of drug-likeness (QED) is 0.438. The molecule has 0 fully saturated rings. The first kappa shape index (κ1) is 18.1. The molecule has 26 heavy (non-hydrogen) atoms. The van der Waals surface area contributed by atoms with Crippen LogP contribution in [0, 0.1) is 6.92 Å². The largest absolute Gasteiger partial charge is 0.493 e. The number of allylic oxidation sites excluding steroid dienone is 1. The van der Waals surface area contributed by atoms with E-state index < -0.39 is 0 Å². The van der Waals surface area contributed by atoms with E-state index in [2.05, 4.69) is 29.4 Å². The lowest BCUT2D eigenvalue weighted by Gasteiger charge is -2.09. The van der Waals surface area contributed by atoms with E-state index in [4.69, 9.17) is 4.74 Å². The van der Waals surface area contributed by atoms with Crippen LogP contribution in [0.15, 0.2) is 54.6 Å². The fourth-order valence-electron chi connectivity index (χ4n) is 2.58. The fourth-order valence-corrected chi connectivity index (χ4v) is 3.44. The molecular formula is C21H22N2O2S. The molecule has 0 unspecified atom stereocenters. The average molecular weight is 366 g/mol. The van der Waals surface area contributed by atoms with Gasteiger partial charge in [0.25, 0.3) is 5.91 Å². The van der Waals surface area contributed by atoms with E-state index in [1.165, 1.54) is 0 Å². The smallest absolute Gasteiger partial charge is 0.255 e. The van der Waals surface area contributed by atoms with Gasteiger partial charge in [0, 0.05) is 17.3 Å². The number of carbonyl (C=O) groups is 1. The fraction of sp³-hybridized carbons (Fsp3) is 0.238. The highest BCUT2D eigenvalue weighted by Gasteiger charge is 2.09. The highest BCUT2D eigenvalue weighted by atomic mass is 32.1. The van der Waals surface area contributed by atoms with Crippen molar-refractivity contribution in [3.8, 4) is 5.75 Å². The van der Waals surface area contributed by atoms with Crippen LogP contribution in [0.5, 0.6) is 5.75 Å². The van der Waals surface area contributed by atoms with Gasteiger partial charge < -0.3 is 10.1 Å². The van der Waals surface area contributed by atoms with E-state index in [1.54, 1.807) is 17.4 Å². The summed E-state index contributed by atoms with van der Waals surface area (Å²) in [5.41, 5.74) is 2.27. The van der Waals surface area contributed by atoms with Crippen molar-refractivity contribution in [3.05, 3.63) is 65.2 Å². The van der Waals surface area contributed by atoms with Gasteiger partial charge in [0.05, 0.1) is 21.8 Å². The Morgan fingerprint density at radius 2 is 2.12 bits per heavy atom. The summed E-state index contributed by atoms with van der Waals surface area (Å²) in [6, 6.07) is 13.0. The van der Waals surface area contributed by atoms with Crippen LogP contribution in [-0.2, 0) is 0 Å². The van der Waals surface area contributed by atoms with Crippen LogP contribution in [-0.4, -0.2) is 17.5 Å². The number of hydrogen-bond acceptors (Lipinski definition) is 4. The zero-order valence-electron chi connectivity index (χ0n) is 15.0. The Morgan fingerprint density at radius 1 is 1.23 bits per heavy atom. The minimum absolute atomic E-state index is 0.138. The van der Waals surface area contributed by atoms with Crippen molar-refractivity contribution < 1.29 is 9.53 Å². The van der Waals surface area contributed by atoms with Crippen LogP contribution in [0.2, 0.25) is 0 Å². The summed E-state index contributed by atoms with van der Waals surface area (Å²) in [6.07, 6.45) is 6.15. The maximum atomic E-state index is 12.5. The van der Waals surface area contributed by atoms with Crippen molar-refractivity contribution in [1.29, 1.82) is 0 Å². The SMILES string of the molecule is CCC=CCCOc1cccc(NC(=O)c2ccc3nc(C)sc3c2)c1. The summed E-state index contributed by atoms with van der Waals surface area (Å²) in [4.78, 5) is 17.0. The number of nitrogens with zero attached hydrogens (tertiary/aromatic N) is 1. The molecule has 0 aliphatic rings. The number of fused-ring (bicyclic) bond motifs is 1. The van der Waals surface area contributed by atoms with E-state index in [1.807, 2.05) is 43.3 Å². The Labute approximate surface area is 157 Å². The Hall–Kier alpha value is -2.66. The summed E-state index contributed by atoms with van der Waals surface area (Å²) in [5, 5.41) is 3.93. The topological polar surface area (TPSA) is 51.2 Å². The van der Waals surface area contributed by atoms with Crippen LogP contribution >= 0.6 is 11.3 Å². The minimum atomic E-state index is -0.138. The standard InChI is InChI=1S/C21H22N2O2S/c1-3-4-5-6-12-25-18-9-7-8-17(14-18)23-21(24)16-10-11-19-20(13-16)26-15(2)22-19/h4-5,7-11,13-14H,3,6,12H2,1-2H3,(H,23,24). The van der Waals surface area contributed by atoms with Gasteiger partial charge >= 0.3 is 0 Å². The van der Waals surface area contributed by atoms with E-state index in [-0.39, 0.29) is 5.91 Å². The molecule has 3 aromatic rings. The van der Waals surface area contributed by atoms with Gasteiger partial charge in [-0.1, -0.05) is 25.1 Å². The number of aryl methyl sites for hydroxylation is 1. The number of nitrogens with one attached hydrogen (secondary N) is 1. The molecule has 1 amide bonds. The predicted molar refractivity (Wildman–Crippen MR) is 108 cm³/mol. The van der Waals surface area contributed by atoms with Gasteiger partial charge in [-0.3, -0.25) is 4.79 Å². The Morgan fingerprint density at radius 3 is 2.96 bits per heavy atom. The molecule has 2 aromatic carbocycles. The van der Waals surface area contributed by atoms with Gasteiger partial charge in [0.15, 0.2) is 0 Å². The molecule has 1 heterocycles. The van der Waals surface area contributed by atoms with Crippen molar-refractivity contribution in [3.63, 3.8) is 0 Å². The third kappa shape index (κ3) is 4.70. The molecule has 0 bridgehead atoms. The summed E-state index contributed by atoms with van der Waals surface area (Å²) in [6.45, 7) is 4.70. The van der Waals surface area contributed by atoms with Gasteiger partial charge in [-0.25, -0.2) is 4.98 Å². The second-order valence-corrected chi connectivity index (χ2v) is 7.15. The molecule has 3 rings (SSSR count). The summed E-state index contributed by atoms with van der Waals surface area (Å²) in [5.74, 6) is 0.613. The van der Waals surface area contributed by atoms with Gasteiger partial charge in [-0.2, -0.15) is 0 Å². The van der Waals surface area contributed by atoms with Crippen molar-refractivity contribution in [2.24, 2.45) is 0 Å². The first-order valence-electron chi connectivity index (χ1n) is 8.72. The second-order valence-electron chi connectivity index (χ2n) is 5.91. The second kappa shape index (κ2) is 8.63. The molecule has 0 aliphatic carbocycles. The number of rotatable bonds is 7. The summed E-state index contributed by atoms with van der Waals surface area (Å²) < 4.78 is 6.75. The number of benzene rings is 2. The van der Waals surface area contributed by atoms with Gasteiger partial charge in [-0.15, -0.1) is 11.3 Å². The number of ether oxygens (including phenoxy) is 1. The Kier molecular flexibility index (Phi) is 6.02. The van der Waals surface area contributed by atoms with Crippen LogP contribution in [0.1, 0.15) is 35.1 Å². The van der Waals surface area contributed by atoms with Gasteiger partial charge in [0.2, 0.25) is 0 Å². The molecule has 1 aromatic heterocycles. The molecule has 0 aliphatic heterocycles. The number of anilines is 1. The van der Waals surface area contributed by atoms with E-state index >= 15 is 0 Å². The maximum Gasteiger partial charge on any atom is 0.255 e. The molecule has 5 heteroatoms. The number of thiazole rings is 1. The van der Waals surface area contributed by atoms with Crippen LogP contribution in [0.3, 0.4) is 0 Å². The molecule has 134 valence electrons. The van der Waals surface area contributed by atoms with E-state index in [0.717, 1.165) is 39.5 Å². The van der Waals surface area contributed by atoms with Gasteiger partial charge in [-0.05, 0) is 50.1 Å². The van der Waals surface area contributed by atoms with Crippen molar-refractivity contribution in [1.82, 2.24) is 4.98 Å². The maximum absolute atomic E-state index is 12.5. The summed E-state index contributed by atoms with van der Waals surface area (Å²) in [7, 11) is 0. The first-order valence-corrected chi connectivity index (χ1v) is 9.54. The highest BCUT2D eigenvalue weighted by Crippen LogP contribution is 2.24. The lowest BCUT2D eigenvalue weighted by atomic mass is 10.2. The number of hydrogen-bond donors (Lipinski definition) is 1. The Bertz CT molecular complexity index is 931. The van der Waals surface area contributed by atoms with Crippen molar-refractivity contribution >= 4 is 33.1 Å². The highest BCUT2D eigenvalue weighted by molar-refractivity contribution is 7.18. The molecule has 4 nitrogen and oxygen atoms in total.